The molecule has 0 aliphatic carbocycles. The molecular formula is C13H26N2O3. The van der Waals surface area contributed by atoms with E-state index in [2.05, 4.69) is 24.1 Å². The van der Waals surface area contributed by atoms with Crippen LogP contribution in [0.1, 0.15) is 39.5 Å². The number of carboxylic acids is 1. The number of amides is 1. The van der Waals surface area contributed by atoms with Gasteiger partial charge in [-0.1, -0.05) is 13.8 Å². The minimum atomic E-state index is -0.803. The molecule has 106 valence electrons. The Bertz CT molecular complexity index is 275. The van der Waals surface area contributed by atoms with Crippen LogP contribution in [0, 0.1) is 5.41 Å². The molecule has 0 bridgehead atoms. The van der Waals surface area contributed by atoms with E-state index < -0.39 is 5.97 Å². The largest absolute Gasteiger partial charge is 0.481 e. The summed E-state index contributed by atoms with van der Waals surface area (Å²) in [5, 5.41) is 11.4. The molecule has 0 rings (SSSR count). The van der Waals surface area contributed by atoms with Crippen LogP contribution in [0.2, 0.25) is 0 Å². The standard InChI is InChI=1S/C13H26N2O3/c1-13(2,10-15(3)4)9-14-11(16)7-5-6-8-12(17)18/h5-10H2,1-4H3,(H,14,16)(H,17,18). The van der Waals surface area contributed by atoms with Crippen molar-refractivity contribution in [3.8, 4) is 0 Å². The molecule has 0 aliphatic rings. The average molecular weight is 258 g/mol. The summed E-state index contributed by atoms with van der Waals surface area (Å²) in [5.74, 6) is -0.797. The monoisotopic (exact) mass is 258 g/mol. The van der Waals surface area contributed by atoms with Crippen LogP contribution < -0.4 is 5.32 Å². The average Bonchev–Trinajstić information content (AvgIpc) is 2.19. The number of hydrogen-bond acceptors (Lipinski definition) is 3. The summed E-state index contributed by atoms with van der Waals surface area (Å²) < 4.78 is 0. The second-order valence-corrected chi connectivity index (χ2v) is 5.78. The van der Waals surface area contributed by atoms with Crippen molar-refractivity contribution in [1.29, 1.82) is 0 Å². The van der Waals surface area contributed by atoms with E-state index in [0.717, 1.165) is 6.54 Å². The van der Waals surface area contributed by atoms with Crippen molar-refractivity contribution in [1.82, 2.24) is 10.2 Å². The maximum atomic E-state index is 11.5. The molecule has 0 radical (unpaired) electrons. The third kappa shape index (κ3) is 10.1. The molecule has 0 spiro atoms. The third-order valence-corrected chi connectivity index (χ3v) is 2.55. The molecule has 0 aromatic rings. The molecule has 0 atom stereocenters. The van der Waals surface area contributed by atoms with Gasteiger partial charge in [-0.3, -0.25) is 9.59 Å². The molecule has 5 heteroatoms. The lowest BCUT2D eigenvalue weighted by Crippen LogP contribution is -2.39. The maximum absolute atomic E-state index is 11.5. The van der Waals surface area contributed by atoms with Gasteiger partial charge in [0.1, 0.15) is 0 Å². The maximum Gasteiger partial charge on any atom is 0.303 e. The van der Waals surface area contributed by atoms with Crippen LogP contribution in [0.4, 0.5) is 0 Å². The van der Waals surface area contributed by atoms with Crippen molar-refractivity contribution in [2.24, 2.45) is 5.41 Å². The Labute approximate surface area is 110 Å². The highest BCUT2D eigenvalue weighted by molar-refractivity contribution is 5.75. The van der Waals surface area contributed by atoms with Gasteiger partial charge in [0.25, 0.3) is 0 Å². The fourth-order valence-electron chi connectivity index (χ4n) is 1.90. The van der Waals surface area contributed by atoms with Gasteiger partial charge in [0.2, 0.25) is 5.91 Å². The van der Waals surface area contributed by atoms with Gasteiger partial charge in [-0.2, -0.15) is 0 Å². The van der Waals surface area contributed by atoms with E-state index in [4.69, 9.17) is 5.11 Å². The molecule has 1 amide bonds. The SMILES string of the molecule is CN(C)CC(C)(C)CNC(=O)CCCCC(=O)O. The van der Waals surface area contributed by atoms with Crippen LogP contribution in [0.15, 0.2) is 0 Å². The molecule has 0 saturated carbocycles. The second-order valence-electron chi connectivity index (χ2n) is 5.78. The van der Waals surface area contributed by atoms with Crippen molar-refractivity contribution in [2.45, 2.75) is 39.5 Å². The summed E-state index contributed by atoms with van der Waals surface area (Å²) in [4.78, 5) is 23.9. The summed E-state index contributed by atoms with van der Waals surface area (Å²) in [6, 6.07) is 0. The Morgan fingerprint density at radius 3 is 2.22 bits per heavy atom. The van der Waals surface area contributed by atoms with Crippen LogP contribution in [0.25, 0.3) is 0 Å². The molecule has 0 aliphatic heterocycles. The van der Waals surface area contributed by atoms with Gasteiger partial charge in [0.15, 0.2) is 0 Å². The zero-order chi connectivity index (χ0) is 14.2. The minimum absolute atomic E-state index is 0.00669. The van der Waals surface area contributed by atoms with Crippen molar-refractivity contribution >= 4 is 11.9 Å². The molecule has 18 heavy (non-hydrogen) atoms. The van der Waals surface area contributed by atoms with Crippen LogP contribution >= 0.6 is 0 Å². The highest BCUT2D eigenvalue weighted by atomic mass is 16.4. The first-order valence-electron chi connectivity index (χ1n) is 6.36. The quantitative estimate of drug-likeness (QED) is 0.612. The number of rotatable bonds is 9. The van der Waals surface area contributed by atoms with Crippen LogP contribution in [-0.4, -0.2) is 49.1 Å². The Hall–Kier alpha value is -1.10. The summed E-state index contributed by atoms with van der Waals surface area (Å²) in [7, 11) is 4.02. The lowest BCUT2D eigenvalue weighted by molar-refractivity contribution is -0.137. The molecule has 2 N–H and O–H groups in total. The van der Waals surface area contributed by atoms with E-state index in [1.807, 2.05) is 14.1 Å². The van der Waals surface area contributed by atoms with Gasteiger partial charge in [0, 0.05) is 25.9 Å². The van der Waals surface area contributed by atoms with Gasteiger partial charge in [0.05, 0.1) is 0 Å². The Morgan fingerprint density at radius 1 is 1.17 bits per heavy atom. The van der Waals surface area contributed by atoms with Gasteiger partial charge >= 0.3 is 5.97 Å². The Balaban J connectivity index is 3.72. The lowest BCUT2D eigenvalue weighted by Gasteiger charge is -2.28. The van der Waals surface area contributed by atoms with E-state index >= 15 is 0 Å². The molecule has 0 heterocycles. The smallest absolute Gasteiger partial charge is 0.303 e. The first kappa shape index (κ1) is 16.9. The predicted octanol–water partition coefficient (Wildman–Crippen LogP) is 1.34. The summed E-state index contributed by atoms with van der Waals surface area (Å²) in [5.41, 5.74) is 0.0419. The predicted molar refractivity (Wildman–Crippen MR) is 71.4 cm³/mol. The lowest BCUT2D eigenvalue weighted by atomic mass is 9.93. The fourth-order valence-corrected chi connectivity index (χ4v) is 1.90. The number of carboxylic acid groups (broad SMARTS) is 1. The van der Waals surface area contributed by atoms with E-state index in [1.54, 1.807) is 0 Å². The zero-order valence-electron chi connectivity index (χ0n) is 12.0. The van der Waals surface area contributed by atoms with Crippen molar-refractivity contribution in [2.75, 3.05) is 27.2 Å². The van der Waals surface area contributed by atoms with Crippen LogP contribution in [0.3, 0.4) is 0 Å². The van der Waals surface area contributed by atoms with Gasteiger partial charge in [-0.15, -0.1) is 0 Å². The van der Waals surface area contributed by atoms with E-state index in [9.17, 15) is 9.59 Å². The Kier molecular flexibility index (Phi) is 7.59. The molecule has 5 nitrogen and oxygen atoms in total. The molecule has 0 aromatic carbocycles. The third-order valence-electron chi connectivity index (χ3n) is 2.55. The molecular weight excluding hydrogens is 232 g/mol. The number of carbonyl (C=O) groups is 2. The molecule has 0 aromatic heterocycles. The van der Waals surface area contributed by atoms with Gasteiger partial charge in [-0.25, -0.2) is 0 Å². The highest BCUT2D eigenvalue weighted by Crippen LogP contribution is 2.14. The molecule has 0 unspecified atom stereocenters. The van der Waals surface area contributed by atoms with Crippen molar-refractivity contribution in [3.63, 3.8) is 0 Å². The highest BCUT2D eigenvalue weighted by Gasteiger charge is 2.19. The van der Waals surface area contributed by atoms with Crippen molar-refractivity contribution < 1.29 is 14.7 Å². The normalized spacial score (nSPS) is 11.6. The van der Waals surface area contributed by atoms with Gasteiger partial charge < -0.3 is 15.3 Å². The first-order valence-corrected chi connectivity index (χ1v) is 6.36. The minimum Gasteiger partial charge on any atom is -0.481 e. The van der Waals surface area contributed by atoms with Crippen LogP contribution in [-0.2, 0) is 9.59 Å². The van der Waals surface area contributed by atoms with Gasteiger partial charge in [-0.05, 0) is 32.4 Å². The van der Waals surface area contributed by atoms with E-state index in [-0.39, 0.29) is 17.7 Å². The van der Waals surface area contributed by atoms with E-state index in [1.165, 1.54) is 0 Å². The van der Waals surface area contributed by atoms with E-state index in [0.29, 0.717) is 25.8 Å². The van der Waals surface area contributed by atoms with Crippen molar-refractivity contribution in [3.05, 3.63) is 0 Å². The fraction of sp³-hybridized carbons (Fsp3) is 0.846. The zero-order valence-corrected chi connectivity index (χ0v) is 12.0. The van der Waals surface area contributed by atoms with Crippen LogP contribution in [0.5, 0.6) is 0 Å². The first-order chi connectivity index (χ1) is 8.23. The number of carbonyl (C=O) groups excluding carboxylic acids is 1. The number of aliphatic carboxylic acids is 1. The number of unbranched alkanes of at least 4 members (excludes halogenated alkanes) is 1. The Morgan fingerprint density at radius 2 is 1.72 bits per heavy atom. The summed E-state index contributed by atoms with van der Waals surface area (Å²) in [6.07, 6.45) is 1.74. The molecule has 0 saturated heterocycles. The summed E-state index contributed by atoms with van der Waals surface area (Å²) in [6.45, 7) is 5.77. The molecule has 0 fully saturated rings. The topological polar surface area (TPSA) is 69.6 Å². The second kappa shape index (κ2) is 8.08. The summed E-state index contributed by atoms with van der Waals surface area (Å²) >= 11 is 0. The number of nitrogens with one attached hydrogen (secondary N) is 1. The number of nitrogens with zero attached hydrogens (tertiary/aromatic N) is 1. The number of hydrogen-bond donors (Lipinski definition) is 2.